The Kier molecular flexibility index (Phi) is 3.40. The molecule has 1 rings (SSSR count). The lowest BCUT2D eigenvalue weighted by molar-refractivity contribution is -0.137. The van der Waals surface area contributed by atoms with E-state index in [4.69, 9.17) is 0 Å². The molecule has 0 aliphatic carbocycles. The molecule has 68 valence electrons. The van der Waals surface area contributed by atoms with Gasteiger partial charge in [-0.3, -0.25) is 20.0 Å². The van der Waals surface area contributed by atoms with Crippen molar-refractivity contribution in [2.45, 2.75) is 12.8 Å². The van der Waals surface area contributed by atoms with Crippen molar-refractivity contribution in [3.05, 3.63) is 0 Å². The van der Waals surface area contributed by atoms with Crippen LogP contribution in [0.2, 0.25) is 0 Å². The first-order chi connectivity index (χ1) is 5.74. The van der Waals surface area contributed by atoms with E-state index in [-0.39, 0.29) is 11.8 Å². The fourth-order valence-corrected chi connectivity index (χ4v) is 1.41. The summed E-state index contributed by atoms with van der Waals surface area (Å²) in [6.07, 6.45) is 3.25. The molecule has 0 aromatic rings. The number of rotatable bonds is 3. The molecule has 1 N–H and O–H groups in total. The highest BCUT2D eigenvalue weighted by molar-refractivity contribution is 7.99. The minimum absolute atomic E-state index is 0.0180. The lowest BCUT2D eigenvalue weighted by Crippen LogP contribution is -2.43. The van der Waals surface area contributed by atoms with Gasteiger partial charge in [-0.2, -0.15) is 11.8 Å². The number of carbonyl (C=O) groups excluding carboxylic acids is 2. The maximum Gasteiger partial charge on any atom is 0.248 e. The zero-order chi connectivity index (χ0) is 8.97. The van der Waals surface area contributed by atoms with E-state index in [0.29, 0.717) is 18.7 Å². The lowest BCUT2D eigenvalue weighted by Gasteiger charge is -2.15. The Morgan fingerprint density at radius 2 is 2.50 bits per heavy atom. The van der Waals surface area contributed by atoms with Crippen LogP contribution >= 0.6 is 11.8 Å². The summed E-state index contributed by atoms with van der Waals surface area (Å²) >= 11 is 1.44. The van der Waals surface area contributed by atoms with Gasteiger partial charge in [0.05, 0.1) is 5.75 Å². The third kappa shape index (κ3) is 2.41. The Bertz CT molecular complexity index is 196. The van der Waals surface area contributed by atoms with Gasteiger partial charge in [0, 0.05) is 13.0 Å². The Morgan fingerprint density at radius 1 is 1.75 bits per heavy atom. The van der Waals surface area contributed by atoms with Gasteiger partial charge in [-0.25, -0.2) is 0 Å². The van der Waals surface area contributed by atoms with Gasteiger partial charge in [-0.15, -0.1) is 0 Å². The minimum Gasteiger partial charge on any atom is -0.273 e. The average molecular weight is 188 g/mol. The van der Waals surface area contributed by atoms with Crippen molar-refractivity contribution in [2.75, 3.05) is 18.6 Å². The fraction of sp³-hybridized carbons (Fsp3) is 0.714. The van der Waals surface area contributed by atoms with Gasteiger partial charge in [0.2, 0.25) is 11.8 Å². The van der Waals surface area contributed by atoms with Gasteiger partial charge in [0.15, 0.2) is 0 Å². The summed E-state index contributed by atoms with van der Waals surface area (Å²) in [5, 5.41) is 1.40. The van der Waals surface area contributed by atoms with E-state index in [9.17, 15) is 9.59 Å². The van der Waals surface area contributed by atoms with Crippen LogP contribution in [0.3, 0.4) is 0 Å². The van der Waals surface area contributed by atoms with Gasteiger partial charge in [0.25, 0.3) is 0 Å². The molecule has 0 aromatic heterocycles. The quantitative estimate of drug-likeness (QED) is 0.678. The molecule has 0 spiro atoms. The van der Waals surface area contributed by atoms with Crippen LogP contribution in [0.4, 0.5) is 0 Å². The van der Waals surface area contributed by atoms with Crippen molar-refractivity contribution < 1.29 is 9.59 Å². The summed E-state index contributed by atoms with van der Waals surface area (Å²) in [7, 11) is 0. The van der Waals surface area contributed by atoms with Crippen LogP contribution in [0.1, 0.15) is 12.8 Å². The van der Waals surface area contributed by atoms with Crippen LogP contribution in [0.25, 0.3) is 0 Å². The van der Waals surface area contributed by atoms with Crippen molar-refractivity contribution in [3.8, 4) is 0 Å². The minimum atomic E-state index is -0.0993. The van der Waals surface area contributed by atoms with Crippen LogP contribution in [0, 0.1) is 0 Å². The van der Waals surface area contributed by atoms with Gasteiger partial charge < -0.3 is 0 Å². The number of hydrogen-bond donors (Lipinski definition) is 1. The first-order valence-electron chi connectivity index (χ1n) is 3.83. The third-order valence-corrected chi connectivity index (χ3v) is 2.16. The molecule has 5 heteroatoms. The summed E-state index contributed by atoms with van der Waals surface area (Å²) in [6.45, 7) is 0.652. The van der Waals surface area contributed by atoms with E-state index in [0.717, 1.165) is 6.42 Å². The van der Waals surface area contributed by atoms with Crippen molar-refractivity contribution in [1.29, 1.82) is 0 Å². The molecule has 12 heavy (non-hydrogen) atoms. The second-order valence-electron chi connectivity index (χ2n) is 2.62. The molecule has 0 atom stereocenters. The number of nitrogens with one attached hydrogen (secondary N) is 1. The van der Waals surface area contributed by atoms with Crippen molar-refractivity contribution in [1.82, 2.24) is 10.4 Å². The van der Waals surface area contributed by atoms with Gasteiger partial charge in [-0.1, -0.05) is 0 Å². The molecule has 0 radical (unpaired) electrons. The lowest BCUT2D eigenvalue weighted by atomic mass is 10.4. The highest BCUT2D eigenvalue weighted by atomic mass is 32.2. The van der Waals surface area contributed by atoms with Crippen molar-refractivity contribution in [2.24, 2.45) is 0 Å². The normalized spacial score (nSPS) is 16.8. The van der Waals surface area contributed by atoms with E-state index >= 15 is 0 Å². The number of thioether (sulfide) groups is 1. The number of nitrogens with zero attached hydrogens (tertiary/aromatic N) is 1. The van der Waals surface area contributed by atoms with Gasteiger partial charge in [0.1, 0.15) is 0 Å². The summed E-state index contributed by atoms with van der Waals surface area (Å²) in [5.74, 6) is 0.325. The van der Waals surface area contributed by atoms with Crippen LogP contribution in [-0.2, 0) is 9.59 Å². The van der Waals surface area contributed by atoms with E-state index in [1.807, 2.05) is 6.26 Å². The first kappa shape index (κ1) is 9.38. The number of carbonyl (C=O) groups is 2. The van der Waals surface area contributed by atoms with Gasteiger partial charge in [-0.05, 0) is 12.7 Å². The Morgan fingerprint density at radius 3 is 3.00 bits per heavy atom. The standard InChI is InChI=1S/C7H12N2O2S/c1-12-5-6(10)8-9-4-2-3-7(9)11/h2-5H2,1H3,(H,8,10). The largest absolute Gasteiger partial charge is 0.273 e. The summed E-state index contributed by atoms with van der Waals surface area (Å²) in [4.78, 5) is 22.0. The van der Waals surface area contributed by atoms with Gasteiger partial charge >= 0.3 is 0 Å². The average Bonchev–Trinajstić information content (AvgIpc) is 2.37. The molecule has 0 unspecified atom stereocenters. The second kappa shape index (κ2) is 4.35. The molecule has 0 aromatic carbocycles. The molecule has 0 bridgehead atoms. The highest BCUT2D eigenvalue weighted by Crippen LogP contribution is 2.06. The van der Waals surface area contributed by atoms with E-state index < -0.39 is 0 Å². The topological polar surface area (TPSA) is 49.4 Å². The zero-order valence-corrected chi connectivity index (χ0v) is 7.82. The molecule has 1 saturated heterocycles. The zero-order valence-electron chi connectivity index (χ0n) is 7.00. The Balaban J connectivity index is 2.30. The van der Waals surface area contributed by atoms with Crippen molar-refractivity contribution in [3.63, 3.8) is 0 Å². The maximum absolute atomic E-state index is 11.0. The SMILES string of the molecule is CSCC(=O)NN1CCCC1=O. The van der Waals surface area contributed by atoms with E-state index in [1.165, 1.54) is 16.8 Å². The molecule has 2 amide bonds. The third-order valence-electron chi connectivity index (χ3n) is 1.61. The predicted octanol–water partition coefficient (Wildman–Crippen LogP) is 0.00300. The molecule has 1 fully saturated rings. The van der Waals surface area contributed by atoms with E-state index in [2.05, 4.69) is 5.43 Å². The molecule has 1 aliphatic rings. The summed E-state index contributed by atoms with van der Waals surface area (Å²) < 4.78 is 0. The van der Waals surface area contributed by atoms with Crippen molar-refractivity contribution >= 4 is 23.6 Å². The highest BCUT2D eigenvalue weighted by Gasteiger charge is 2.21. The molecule has 1 heterocycles. The molecule has 4 nitrogen and oxygen atoms in total. The van der Waals surface area contributed by atoms with Crippen LogP contribution in [-0.4, -0.2) is 35.4 Å². The summed E-state index contributed by atoms with van der Waals surface area (Å²) in [6, 6.07) is 0. The first-order valence-corrected chi connectivity index (χ1v) is 5.22. The van der Waals surface area contributed by atoms with Crippen LogP contribution in [0.5, 0.6) is 0 Å². The van der Waals surface area contributed by atoms with Crippen LogP contribution < -0.4 is 5.43 Å². The Labute approximate surface area is 75.6 Å². The molecule has 1 aliphatic heterocycles. The fourth-order valence-electron chi connectivity index (χ4n) is 1.08. The Hall–Kier alpha value is -0.710. The molecule has 0 saturated carbocycles. The predicted molar refractivity (Wildman–Crippen MR) is 47.5 cm³/mol. The summed E-state index contributed by atoms with van der Waals surface area (Å²) in [5.41, 5.74) is 2.55. The number of amides is 2. The monoisotopic (exact) mass is 188 g/mol. The van der Waals surface area contributed by atoms with Crippen LogP contribution in [0.15, 0.2) is 0 Å². The maximum atomic E-state index is 11.0. The molecular weight excluding hydrogens is 176 g/mol. The second-order valence-corrected chi connectivity index (χ2v) is 3.48. The van der Waals surface area contributed by atoms with E-state index in [1.54, 1.807) is 0 Å². The smallest absolute Gasteiger partial charge is 0.248 e. The number of hydrogen-bond acceptors (Lipinski definition) is 3. The number of hydrazine groups is 1. The molecular formula is C7H12N2O2S.